The van der Waals surface area contributed by atoms with Gasteiger partial charge in [-0.1, -0.05) is 25.1 Å². The van der Waals surface area contributed by atoms with Crippen molar-refractivity contribution in [1.29, 1.82) is 0 Å². The van der Waals surface area contributed by atoms with Crippen LogP contribution in [0, 0.1) is 5.92 Å². The maximum absolute atomic E-state index is 6.13. The van der Waals surface area contributed by atoms with E-state index in [-0.39, 0.29) is 0 Å². The highest BCUT2D eigenvalue weighted by atomic mass is 15.1. The predicted molar refractivity (Wildman–Crippen MR) is 79.8 cm³/mol. The summed E-state index contributed by atoms with van der Waals surface area (Å²) < 4.78 is 0. The van der Waals surface area contributed by atoms with E-state index in [1.54, 1.807) is 0 Å². The maximum Gasteiger partial charge on any atom is 0.0726 e. The van der Waals surface area contributed by atoms with E-state index in [1.807, 2.05) is 30.3 Å². The Balaban J connectivity index is 1.85. The van der Waals surface area contributed by atoms with Crippen LogP contribution in [0.2, 0.25) is 0 Å². The minimum Gasteiger partial charge on any atom is -0.398 e. The number of likely N-dealkylation sites (tertiary alicyclic amines) is 1. The van der Waals surface area contributed by atoms with Crippen molar-refractivity contribution in [2.75, 3.05) is 18.8 Å². The molecule has 1 unspecified atom stereocenters. The average Bonchev–Trinajstić information content (AvgIpc) is 2.39. The normalized spacial score (nSPS) is 20.8. The number of para-hydroxylation sites is 1. The molecule has 0 aliphatic carbocycles. The van der Waals surface area contributed by atoms with Gasteiger partial charge in [0.1, 0.15) is 0 Å². The smallest absolute Gasteiger partial charge is 0.0726 e. The van der Waals surface area contributed by atoms with Gasteiger partial charge in [-0.25, -0.2) is 0 Å². The summed E-state index contributed by atoms with van der Waals surface area (Å²) in [5.74, 6) is 0.798. The SMILES string of the molecule is CC1CCCN(Cc2cc(N)c3ccccc3n2)C1. The van der Waals surface area contributed by atoms with E-state index < -0.39 is 0 Å². The molecule has 3 heteroatoms. The second-order valence-electron chi connectivity index (χ2n) is 5.70. The molecule has 0 amide bonds. The van der Waals surface area contributed by atoms with Crippen LogP contribution in [0.15, 0.2) is 30.3 Å². The monoisotopic (exact) mass is 255 g/mol. The van der Waals surface area contributed by atoms with Crippen molar-refractivity contribution >= 4 is 16.6 Å². The molecule has 1 aromatic carbocycles. The molecule has 1 atom stereocenters. The van der Waals surface area contributed by atoms with Gasteiger partial charge in [0.15, 0.2) is 0 Å². The number of hydrogen-bond acceptors (Lipinski definition) is 3. The Labute approximate surface area is 114 Å². The number of nitrogen functional groups attached to an aromatic ring is 1. The Morgan fingerprint density at radius 2 is 2.21 bits per heavy atom. The zero-order valence-electron chi connectivity index (χ0n) is 11.5. The third-order valence-electron chi connectivity index (χ3n) is 3.93. The summed E-state index contributed by atoms with van der Waals surface area (Å²) >= 11 is 0. The first-order valence-corrected chi connectivity index (χ1v) is 7.09. The van der Waals surface area contributed by atoms with Gasteiger partial charge in [0, 0.05) is 24.2 Å². The summed E-state index contributed by atoms with van der Waals surface area (Å²) in [5.41, 5.74) is 9.06. The van der Waals surface area contributed by atoms with Gasteiger partial charge in [0.05, 0.1) is 11.2 Å². The van der Waals surface area contributed by atoms with E-state index >= 15 is 0 Å². The molecule has 0 spiro atoms. The molecule has 1 saturated heterocycles. The van der Waals surface area contributed by atoms with Gasteiger partial charge >= 0.3 is 0 Å². The third kappa shape index (κ3) is 2.71. The zero-order chi connectivity index (χ0) is 13.2. The van der Waals surface area contributed by atoms with Gasteiger partial charge < -0.3 is 5.73 Å². The molecule has 3 rings (SSSR count). The van der Waals surface area contributed by atoms with Crippen LogP contribution in [-0.2, 0) is 6.54 Å². The van der Waals surface area contributed by atoms with Crippen LogP contribution in [0.3, 0.4) is 0 Å². The van der Waals surface area contributed by atoms with Gasteiger partial charge in [-0.05, 0) is 37.4 Å². The molecule has 1 aliphatic heterocycles. The molecule has 2 heterocycles. The topological polar surface area (TPSA) is 42.1 Å². The van der Waals surface area contributed by atoms with Crippen molar-refractivity contribution < 1.29 is 0 Å². The van der Waals surface area contributed by atoms with Crippen LogP contribution in [0.25, 0.3) is 10.9 Å². The fourth-order valence-corrected chi connectivity index (χ4v) is 3.00. The number of fused-ring (bicyclic) bond motifs is 1. The fourth-order valence-electron chi connectivity index (χ4n) is 3.00. The van der Waals surface area contributed by atoms with Crippen LogP contribution < -0.4 is 5.73 Å². The predicted octanol–water partition coefficient (Wildman–Crippen LogP) is 3.05. The number of anilines is 1. The lowest BCUT2D eigenvalue weighted by Gasteiger charge is -2.30. The molecule has 0 saturated carbocycles. The standard InChI is InChI=1S/C16H21N3/c1-12-5-4-8-19(10-12)11-13-9-15(17)14-6-2-3-7-16(14)18-13/h2-3,6-7,9,12H,4-5,8,10-11H2,1H3,(H2,17,18). The lowest BCUT2D eigenvalue weighted by molar-refractivity contribution is 0.175. The highest BCUT2D eigenvalue weighted by Crippen LogP contribution is 2.22. The third-order valence-corrected chi connectivity index (χ3v) is 3.93. The first-order valence-electron chi connectivity index (χ1n) is 7.09. The largest absolute Gasteiger partial charge is 0.398 e. The molecule has 1 aliphatic rings. The Bertz CT molecular complexity index is 579. The molecule has 1 fully saturated rings. The summed E-state index contributed by atoms with van der Waals surface area (Å²) in [4.78, 5) is 7.22. The van der Waals surface area contributed by atoms with E-state index in [9.17, 15) is 0 Å². The minimum atomic E-state index is 0.798. The number of aromatic nitrogens is 1. The van der Waals surface area contributed by atoms with E-state index in [0.29, 0.717) is 0 Å². The first kappa shape index (κ1) is 12.4. The Morgan fingerprint density at radius 3 is 3.05 bits per heavy atom. The number of nitrogens with zero attached hydrogens (tertiary/aromatic N) is 2. The van der Waals surface area contributed by atoms with Gasteiger partial charge in [-0.3, -0.25) is 9.88 Å². The second kappa shape index (κ2) is 5.17. The molecule has 2 aromatic rings. The van der Waals surface area contributed by atoms with Crippen molar-refractivity contribution in [3.05, 3.63) is 36.0 Å². The van der Waals surface area contributed by atoms with Gasteiger partial charge in [-0.15, -0.1) is 0 Å². The highest BCUT2D eigenvalue weighted by molar-refractivity contribution is 5.90. The molecule has 100 valence electrons. The van der Waals surface area contributed by atoms with E-state index in [2.05, 4.69) is 11.8 Å². The lowest BCUT2D eigenvalue weighted by Crippen LogP contribution is -2.34. The van der Waals surface area contributed by atoms with Crippen molar-refractivity contribution in [2.24, 2.45) is 5.92 Å². The molecule has 0 bridgehead atoms. The number of nitrogens with two attached hydrogens (primary N) is 1. The number of piperidine rings is 1. The molecule has 2 N–H and O–H groups in total. The quantitative estimate of drug-likeness (QED) is 0.896. The average molecular weight is 255 g/mol. The summed E-state index contributed by atoms with van der Waals surface area (Å²) in [6.45, 7) is 5.60. The minimum absolute atomic E-state index is 0.798. The van der Waals surface area contributed by atoms with E-state index in [0.717, 1.165) is 34.7 Å². The number of rotatable bonds is 2. The van der Waals surface area contributed by atoms with Crippen molar-refractivity contribution in [3.8, 4) is 0 Å². The van der Waals surface area contributed by atoms with Crippen LogP contribution in [0.5, 0.6) is 0 Å². The van der Waals surface area contributed by atoms with Crippen molar-refractivity contribution in [3.63, 3.8) is 0 Å². The highest BCUT2D eigenvalue weighted by Gasteiger charge is 2.17. The lowest BCUT2D eigenvalue weighted by atomic mass is 10.00. The summed E-state index contributed by atoms with van der Waals surface area (Å²) in [6.07, 6.45) is 2.65. The van der Waals surface area contributed by atoms with Gasteiger partial charge in [-0.2, -0.15) is 0 Å². The van der Waals surface area contributed by atoms with E-state index in [1.165, 1.54) is 25.9 Å². The molecule has 0 radical (unpaired) electrons. The number of pyridine rings is 1. The van der Waals surface area contributed by atoms with Crippen molar-refractivity contribution in [2.45, 2.75) is 26.3 Å². The Hall–Kier alpha value is -1.61. The van der Waals surface area contributed by atoms with Crippen LogP contribution in [0.4, 0.5) is 5.69 Å². The number of benzene rings is 1. The Morgan fingerprint density at radius 1 is 1.37 bits per heavy atom. The van der Waals surface area contributed by atoms with E-state index in [4.69, 9.17) is 10.7 Å². The molecular weight excluding hydrogens is 234 g/mol. The van der Waals surface area contributed by atoms with Crippen molar-refractivity contribution in [1.82, 2.24) is 9.88 Å². The molecular formula is C16H21N3. The number of hydrogen-bond donors (Lipinski definition) is 1. The Kier molecular flexibility index (Phi) is 3.38. The molecule has 19 heavy (non-hydrogen) atoms. The van der Waals surface area contributed by atoms with Gasteiger partial charge in [0.25, 0.3) is 0 Å². The summed E-state index contributed by atoms with van der Waals surface area (Å²) in [6, 6.07) is 10.1. The molecule has 1 aromatic heterocycles. The summed E-state index contributed by atoms with van der Waals surface area (Å²) in [7, 11) is 0. The van der Waals surface area contributed by atoms with Gasteiger partial charge in [0.2, 0.25) is 0 Å². The fraction of sp³-hybridized carbons (Fsp3) is 0.438. The zero-order valence-corrected chi connectivity index (χ0v) is 11.5. The summed E-state index contributed by atoms with van der Waals surface area (Å²) in [5, 5.41) is 1.05. The van der Waals surface area contributed by atoms with Crippen LogP contribution >= 0.6 is 0 Å². The maximum atomic E-state index is 6.13. The molecule has 3 nitrogen and oxygen atoms in total. The first-order chi connectivity index (χ1) is 9.22. The van der Waals surface area contributed by atoms with Crippen LogP contribution in [0.1, 0.15) is 25.5 Å². The van der Waals surface area contributed by atoms with Crippen LogP contribution in [-0.4, -0.2) is 23.0 Å². The second-order valence-corrected chi connectivity index (χ2v) is 5.70.